The van der Waals surface area contributed by atoms with Gasteiger partial charge in [-0.2, -0.15) is 0 Å². The second kappa shape index (κ2) is 5.46. The zero-order valence-electron chi connectivity index (χ0n) is 8.43. The van der Waals surface area contributed by atoms with Crippen LogP contribution in [0, 0.1) is 0 Å². The minimum atomic E-state index is -0.744. The minimum Gasteiger partial charge on any atom is -0.390 e. The Labute approximate surface area is 84.1 Å². The highest BCUT2D eigenvalue weighted by Gasteiger charge is 2.34. The second-order valence-corrected chi connectivity index (χ2v) is 3.53. The monoisotopic (exact) mass is 202 g/mol. The molecule has 1 fully saturated rings. The Morgan fingerprint density at radius 3 is 2.86 bits per heavy atom. The Bertz CT molecular complexity index is 183. The van der Waals surface area contributed by atoms with Crippen molar-refractivity contribution < 1.29 is 19.7 Å². The highest BCUT2D eigenvalue weighted by atomic mass is 16.7. The third kappa shape index (κ3) is 3.06. The molecule has 1 aliphatic rings. The summed E-state index contributed by atoms with van der Waals surface area (Å²) in [5.74, 6) is 0. The summed E-state index contributed by atoms with van der Waals surface area (Å²) < 4.78 is 10.6. The number of aliphatic hydroxyl groups is 2. The van der Waals surface area contributed by atoms with Crippen molar-refractivity contribution in [3.63, 3.8) is 0 Å². The molecule has 82 valence electrons. The van der Waals surface area contributed by atoms with Gasteiger partial charge in [0.15, 0.2) is 6.29 Å². The molecule has 1 aliphatic heterocycles. The molecule has 0 saturated carbocycles. The van der Waals surface area contributed by atoms with Crippen molar-refractivity contribution >= 4 is 0 Å². The van der Waals surface area contributed by atoms with E-state index in [9.17, 15) is 10.2 Å². The van der Waals surface area contributed by atoms with Gasteiger partial charge in [0.05, 0.1) is 18.8 Å². The maximum atomic E-state index is 9.52. The normalized spacial score (nSPS) is 38.2. The Balaban J connectivity index is 2.33. The smallest absolute Gasteiger partial charge is 0.183 e. The molecule has 4 atom stereocenters. The van der Waals surface area contributed by atoms with Gasteiger partial charge in [0.2, 0.25) is 0 Å². The number of ether oxygens (including phenoxy) is 2. The molecule has 0 aromatic rings. The predicted molar refractivity (Wildman–Crippen MR) is 51.7 cm³/mol. The van der Waals surface area contributed by atoms with Crippen LogP contribution in [-0.2, 0) is 9.47 Å². The lowest BCUT2D eigenvalue weighted by Crippen LogP contribution is -2.47. The summed E-state index contributed by atoms with van der Waals surface area (Å²) in [7, 11) is 0. The van der Waals surface area contributed by atoms with Gasteiger partial charge >= 0.3 is 0 Å². The molecular weight excluding hydrogens is 184 g/mol. The lowest BCUT2D eigenvalue weighted by molar-refractivity contribution is -0.260. The quantitative estimate of drug-likeness (QED) is 0.513. The molecular formula is C10H18O4. The van der Waals surface area contributed by atoms with Crippen LogP contribution < -0.4 is 0 Å². The Kier molecular flexibility index (Phi) is 4.54. The third-order valence-electron chi connectivity index (χ3n) is 2.29. The molecule has 1 rings (SSSR count). The van der Waals surface area contributed by atoms with Crippen molar-refractivity contribution in [2.45, 2.75) is 44.4 Å². The van der Waals surface area contributed by atoms with E-state index in [2.05, 4.69) is 6.58 Å². The Hall–Kier alpha value is -0.420. The lowest BCUT2D eigenvalue weighted by atomic mass is 10.0. The van der Waals surface area contributed by atoms with Crippen molar-refractivity contribution in [3.05, 3.63) is 12.7 Å². The molecule has 0 unspecified atom stereocenters. The standard InChI is InChI=1S/C10H18O4/c1-3-4-5-13-10-9(12)6-8(11)7(2)14-10/h3,7-12H,1,4-6H2,2H3/t7-,8+,9+,10+/m0/s1. The Morgan fingerprint density at radius 1 is 1.50 bits per heavy atom. The number of aliphatic hydroxyl groups excluding tert-OH is 2. The number of hydrogen-bond donors (Lipinski definition) is 2. The van der Waals surface area contributed by atoms with Gasteiger partial charge in [-0.15, -0.1) is 6.58 Å². The van der Waals surface area contributed by atoms with Crippen LogP contribution >= 0.6 is 0 Å². The summed E-state index contributed by atoms with van der Waals surface area (Å²) in [5.41, 5.74) is 0. The molecule has 1 saturated heterocycles. The molecule has 0 aromatic carbocycles. The first-order valence-electron chi connectivity index (χ1n) is 4.89. The average molecular weight is 202 g/mol. The fourth-order valence-corrected chi connectivity index (χ4v) is 1.36. The first-order chi connectivity index (χ1) is 6.65. The van der Waals surface area contributed by atoms with Crippen LogP contribution in [0.3, 0.4) is 0 Å². The molecule has 0 spiro atoms. The van der Waals surface area contributed by atoms with Crippen molar-refractivity contribution in [2.24, 2.45) is 0 Å². The first kappa shape index (κ1) is 11.7. The van der Waals surface area contributed by atoms with E-state index in [1.54, 1.807) is 13.0 Å². The van der Waals surface area contributed by atoms with Crippen LogP contribution in [0.2, 0.25) is 0 Å². The summed E-state index contributed by atoms with van der Waals surface area (Å²) in [6, 6.07) is 0. The van der Waals surface area contributed by atoms with Crippen LogP contribution in [-0.4, -0.2) is 41.4 Å². The summed E-state index contributed by atoms with van der Waals surface area (Å²) in [6.45, 7) is 5.81. The second-order valence-electron chi connectivity index (χ2n) is 3.53. The zero-order chi connectivity index (χ0) is 10.6. The molecule has 4 nitrogen and oxygen atoms in total. The molecule has 0 radical (unpaired) electrons. The first-order valence-corrected chi connectivity index (χ1v) is 4.89. The van der Waals surface area contributed by atoms with E-state index in [1.165, 1.54) is 0 Å². The number of rotatable bonds is 4. The van der Waals surface area contributed by atoms with E-state index in [0.717, 1.165) is 6.42 Å². The van der Waals surface area contributed by atoms with Crippen molar-refractivity contribution in [3.8, 4) is 0 Å². The van der Waals surface area contributed by atoms with Gasteiger partial charge in [0, 0.05) is 6.42 Å². The highest BCUT2D eigenvalue weighted by molar-refractivity contribution is 4.78. The molecule has 2 N–H and O–H groups in total. The molecule has 14 heavy (non-hydrogen) atoms. The van der Waals surface area contributed by atoms with Gasteiger partial charge in [-0.3, -0.25) is 0 Å². The highest BCUT2D eigenvalue weighted by Crippen LogP contribution is 2.20. The Morgan fingerprint density at radius 2 is 2.21 bits per heavy atom. The van der Waals surface area contributed by atoms with E-state index in [0.29, 0.717) is 13.0 Å². The van der Waals surface area contributed by atoms with Crippen molar-refractivity contribution in [1.82, 2.24) is 0 Å². The van der Waals surface area contributed by atoms with Crippen LogP contribution in [0.25, 0.3) is 0 Å². The molecule has 0 aliphatic carbocycles. The fourth-order valence-electron chi connectivity index (χ4n) is 1.36. The molecule has 1 heterocycles. The van der Waals surface area contributed by atoms with Gasteiger partial charge < -0.3 is 19.7 Å². The molecule has 4 heteroatoms. The van der Waals surface area contributed by atoms with E-state index in [4.69, 9.17) is 9.47 Å². The van der Waals surface area contributed by atoms with Gasteiger partial charge in [-0.05, 0) is 13.3 Å². The SMILES string of the molecule is C=CCCO[C@@H]1O[C@@H](C)[C@H](O)C[C@H]1O. The molecule has 0 bridgehead atoms. The molecule has 0 amide bonds. The maximum absolute atomic E-state index is 9.52. The van der Waals surface area contributed by atoms with Crippen molar-refractivity contribution in [1.29, 1.82) is 0 Å². The van der Waals surface area contributed by atoms with Crippen molar-refractivity contribution in [2.75, 3.05) is 6.61 Å². The van der Waals surface area contributed by atoms with Gasteiger partial charge in [0.1, 0.15) is 6.10 Å². The van der Waals surface area contributed by atoms with Crippen LogP contribution in [0.15, 0.2) is 12.7 Å². The van der Waals surface area contributed by atoms with E-state index < -0.39 is 18.5 Å². The van der Waals surface area contributed by atoms with Gasteiger partial charge in [0.25, 0.3) is 0 Å². The number of hydrogen-bond acceptors (Lipinski definition) is 4. The molecule has 0 aromatic heterocycles. The van der Waals surface area contributed by atoms with Crippen LogP contribution in [0.5, 0.6) is 0 Å². The summed E-state index contributed by atoms with van der Waals surface area (Å²) in [6.07, 6.45) is 0.521. The third-order valence-corrected chi connectivity index (χ3v) is 2.29. The van der Waals surface area contributed by atoms with Gasteiger partial charge in [-0.25, -0.2) is 0 Å². The van der Waals surface area contributed by atoms with Crippen LogP contribution in [0.4, 0.5) is 0 Å². The van der Waals surface area contributed by atoms with E-state index >= 15 is 0 Å². The van der Waals surface area contributed by atoms with E-state index in [1.807, 2.05) is 0 Å². The minimum absolute atomic E-state index is 0.285. The largest absolute Gasteiger partial charge is 0.390 e. The topological polar surface area (TPSA) is 58.9 Å². The average Bonchev–Trinajstić information content (AvgIpc) is 2.14. The summed E-state index contributed by atoms with van der Waals surface area (Å²) in [5, 5.41) is 18.9. The summed E-state index contributed by atoms with van der Waals surface area (Å²) >= 11 is 0. The maximum Gasteiger partial charge on any atom is 0.183 e. The van der Waals surface area contributed by atoms with Crippen LogP contribution in [0.1, 0.15) is 19.8 Å². The lowest BCUT2D eigenvalue weighted by Gasteiger charge is -2.35. The zero-order valence-corrected chi connectivity index (χ0v) is 8.43. The fraction of sp³-hybridized carbons (Fsp3) is 0.800. The van der Waals surface area contributed by atoms with Gasteiger partial charge in [-0.1, -0.05) is 6.08 Å². The predicted octanol–water partition coefficient (Wildman–Crippen LogP) is 0.436. The summed E-state index contributed by atoms with van der Waals surface area (Å²) in [4.78, 5) is 0. The van der Waals surface area contributed by atoms with E-state index in [-0.39, 0.29) is 6.10 Å².